The van der Waals surface area contributed by atoms with Gasteiger partial charge in [-0.05, 0) is 13.2 Å². The Morgan fingerprint density at radius 2 is 2.20 bits per heavy atom. The van der Waals surface area contributed by atoms with Crippen LogP contribution in [-0.2, 0) is 20.9 Å². The molecule has 0 radical (unpaired) electrons. The second kappa shape index (κ2) is 7.38. The molecule has 0 saturated carbocycles. The van der Waals surface area contributed by atoms with Crippen molar-refractivity contribution in [2.45, 2.75) is 37.6 Å². The van der Waals surface area contributed by atoms with Gasteiger partial charge >= 0.3 is 0 Å². The van der Waals surface area contributed by atoms with Crippen LogP contribution in [0.3, 0.4) is 0 Å². The molecule has 12 heteroatoms. The summed E-state index contributed by atoms with van der Waals surface area (Å²) in [5.74, 6) is 2.14. The normalized spacial score (nSPS) is 24.2. The van der Waals surface area contributed by atoms with Crippen LogP contribution in [0.1, 0.15) is 18.7 Å². The van der Waals surface area contributed by atoms with Crippen molar-refractivity contribution in [2.75, 3.05) is 6.26 Å². The topological polar surface area (TPSA) is 144 Å². The Morgan fingerprint density at radius 3 is 2.77 bits per heavy atom. The number of aliphatic carboxylic acids is 1. The molecule has 2 aliphatic heterocycles. The molecule has 2 aromatic heterocycles. The molecule has 160 valence electrons. The van der Waals surface area contributed by atoms with Crippen LogP contribution in [0.15, 0.2) is 23.2 Å². The van der Waals surface area contributed by atoms with Crippen LogP contribution in [0.4, 0.5) is 0 Å². The largest absolute Gasteiger partial charge is 0.543 e. The molecule has 10 nitrogen and oxygen atoms in total. The number of thioether (sulfide) groups is 1. The summed E-state index contributed by atoms with van der Waals surface area (Å²) in [6.07, 6.45) is 4.55. The maximum atomic E-state index is 12.5. The van der Waals surface area contributed by atoms with Gasteiger partial charge in [0.2, 0.25) is 15.8 Å². The van der Waals surface area contributed by atoms with Gasteiger partial charge in [0.15, 0.2) is 6.54 Å². The fourth-order valence-corrected chi connectivity index (χ4v) is 6.64. The van der Waals surface area contributed by atoms with Gasteiger partial charge in [-0.2, -0.15) is 4.40 Å². The number of aliphatic hydroxyl groups excluding tert-OH is 1. The number of fused-ring (bicyclic) bond motifs is 2. The molecule has 1 fully saturated rings. The minimum absolute atomic E-state index is 0.0558. The molecular formula is C18H21N5O5S2. The fourth-order valence-electron chi connectivity index (χ4n) is 4.46. The lowest BCUT2D eigenvalue weighted by atomic mass is 9.77. The summed E-state index contributed by atoms with van der Waals surface area (Å²) in [5.41, 5.74) is 2.51. The number of nitrogens with one attached hydrogen (secondary N) is 1. The maximum Gasteiger partial charge on any atom is 0.276 e. The van der Waals surface area contributed by atoms with Crippen LogP contribution in [0.5, 0.6) is 0 Å². The summed E-state index contributed by atoms with van der Waals surface area (Å²) < 4.78 is 3.58. The Balaban J connectivity index is 1.80. The predicted molar refractivity (Wildman–Crippen MR) is 106 cm³/mol. The van der Waals surface area contributed by atoms with E-state index >= 15 is 0 Å². The lowest BCUT2D eigenvalue weighted by molar-refractivity contribution is -0.717. The van der Waals surface area contributed by atoms with Gasteiger partial charge in [-0.1, -0.05) is 30.0 Å². The quantitative estimate of drug-likeness (QED) is 0.119. The number of carboxylic acids is 1. The first-order valence-corrected chi connectivity index (χ1v) is 11.3. The molecule has 4 N–H and O–H groups in total. The summed E-state index contributed by atoms with van der Waals surface area (Å²) >= 11 is 2.83. The number of amides is 2. The van der Waals surface area contributed by atoms with Gasteiger partial charge in [0.05, 0.1) is 34.6 Å². The number of nitrogens with zero attached hydrogens (tertiary/aromatic N) is 3. The van der Waals surface area contributed by atoms with E-state index in [0.29, 0.717) is 10.5 Å². The average Bonchev–Trinajstić information content (AvgIpc) is 3.28. The van der Waals surface area contributed by atoms with E-state index in [1.165, 1.54) is 28.0 Å². The van der Waals surface area contributed by atoms with Crippen LogP contribution in [0, 0.1) is 11.8 Å². The van der Waals surface area contributed by atoms with Gasteiger partial charge in [-0.15, -0.1) is 0 Å². The Kier molecular flexibility index (Phi) is 5.12. The highest BCUT2D eigenvalue weighted by Crippen LogP contribution is 2.51. The van der Waals surface area contributed by atoms with Crippen LogP contribution in [-0.4, -0.2) is 50.6 Å². The zero-order valence-corrected chi connectivity index (χ0v) is 18.1. The molecular weight excluding hydrogens is 430 g/mol. The number of carbonyl (C=O) groups excluding carboxylic acids is 3. The Labute approximate surface area is 179 Å². The molecule has 0 bridgehead atoms. The number of nitrogens with two attached hydrogens (primary N) is 1. The monoisotopic (exact) mass is 451 g/mol. The number of imidazole rings is 1. The first-order chi connectivity index (χ1) is 14.2. The minimum atomic E-state index is -1.41. The predicted octanol–water partition coefficient (Wildman–Crippen LogP) is -1.68. The zero-order chi connectivity index (χ0) is 21.9. The molecule has 1 saturated heterocycles. The third-order valence-corrected chi connectivity index (χ3v) is 7.79. The number of hydrogen-bond acceptors (Lipinski definition) is 8. The number of hydrogen-bond donors (Lipinski definition) is 3. The Hall–Kier alpha value is -2.41. The minimum Gasteiger partial charge on any atom is -0.543 e. The summed E-state index contributed by atoms with van der Waals surface area (Å²) in [6.45, 7) is 3.46. The molecule has 2 aromatic rings. The molecule has 2 aliphatic rings. The summed E-state index contributed by atoms with van der Waals surface area (Å²) in [7, 11) is 0. The molecule has 4 rings (SSSR count). The van der Waals surface area contributed by atoms with Crippen LogP contribution < -0.4 is 20.9 Å². The average molecular weight is 452 g/mol. The van der Waals surface area contributed by atoms with E-state index in [0.717, 1.165) is 9.86 Å². The van der Waals surface area contributed by atoms with Crippen molar-refractivity contribution in [2.24, 2.45) is 17.7 Å². The number of carbonyl (C=O) groups is 3. The Bertz CT molecular complexity index is 1100. The molecule has 0 aliphatic carbocycles. The highest BCUT2D eigenvalue weighted by Gasteiger charge is 2.59. The second-order valence-electron chi connectivity index (χ2n) is 7.43. The Morgan fingerprint density at radius 1 is 1.50 bits per heavy atom. The van der Waals surface area contributed by atoms with Crippen LogP contribution in [0.25, 0.3) is 10.4 Å². The molecule has 2 amide bonds. The van der Waals surface area contributed by atoms with E-state index in [-0.39, 0.29) is 24.1 Å². The lowest BCUT2D eigenvalue weighted by Gasteiger charge is -2.47. The van der Waals surface area contributed by atoms with E-state index in [9.17, 15) is 24.6 Å². The standard InChI is InChI=1S/C18H21N5O5S2/c1-7-11(14(18(27)28)23-13(7)12(8(2)24)15(23)26)9-4-21-6-22(5-10(25)20-19)16(29-3)17(21)30-9/h4,6-8,12-13,24H,5,19H2,1-3H3,(H-,20,25,27,28)/t7-,8+,12+,13+/m0/s1. The highest BCUT2D eigenvalue weighted by atomic mass is 32.2. The number of carboxylic acid groups (broad SMARTS) is 1. The van der Waals surface area contributed by atoms with Gasteiger partial charge in [0, 0.05) is 11.5 Å². The van der Waals surface area contributed by atoms with Crippen molar-refractivity contribution in [3.05, 3.63) is 23.1 Å². The van der Waals surface area contributed by atoms with Gasteiger partial charge in [0.25, 0.3) is 12.2 Å². The molecule has 0 aromatic carbocycles. The second-order valence-corrected chi connectivity index (χ2v) is 9.26. The van der Waals surface area contributed by atoms with E-state index < -0.39 is 29.9 Å². The highest BCUT2D eigenvalue weighted by molar-refractivity contribution is 7.98. The van der Waals surface area contributed by atoms with E-state index in [4.69, 9.17) is 5.84 Å². The lowest BCUT2D eigenvalue weighted by Crippen LogP contribution is -2.64. The zero-order valence-electron chi connectivity index (χ0n) is 16.5. The summed E-state index contributed by atoms with van der Waals surface area (Å²) in [4.78, 5) is 38.9. The van der Waals surface area contributed by atoms with E-state index in [1.807, 2.05) is 17.6 Å². The number of rotatable bonds is 6. The number of β-lactam (4-membered cyclic amide) rings is 1. The maximum absolute atomic E-state index is 12.5. The van der Waals surface area contributed by atoms with Crippen LogP contribution in [0.2, 0.25) is 0 Å². The van der Waals surface area contributed by atoms with Crippen molar-refractivity contribution in [3.63, 3.8) is 0 Å². The number of aliphatic hydroxyl groups is 1. The smallest absolute Gasteiger partial charge is 0.276 e. The third-order valence-electron chi connectivity index (χ3n) is 5.70. The van der Waals surface area contributed by atoms with Crippen molar-refractivity contribution < 1.29 is 29.2 Å². The third kappa shape index (κ3) is 2.86. The fraction of sp³-hybridized carbons (Fsp3) is 0.444. The van der Waals surface area contributed by atoms with Gasteiger partial charge in [0.1, 0.15) is 6.20 Å². The van der Waals surface area contributed by atoms with Crippen molar-refractivity contribution in [1.82, 2.24) is 14.7 Å². The van der Waals surface area contributed by atoms with Crippen molar-refractivity contribution in [1.29, 1.82) is 0 Å². The first kappa shape index (κ1) is 20.8. The number of thiazole rings is 1. The van der Waals surface area contributed by atoms with Gasteiger partial charge in [-0.25, -0.2) is 10.4 Å². The summed E-state index contributed by atoms with van der Waals surface area (Å²) in [5, 5.41) is 22.8. The molecule has 0 unspecified atom stereocenters. The van der Waals surface area contributed by atoms with Gasteiger partial charge in [-0.3, -0.25) is 15.0 Å². The van der Waals surface area contributed by atoms with Crippen LogP contribution >= 0.6 is 23.1 Å². The van der Waals surface area contributed by atoms with E-state index in [2.05, 4.69) is 5.43 Å². The molecule has 4 heterocycles. The number of hydrazine groups is 1. The first-order valence-electron chi connectivity index (χ1n) is 9.25. The van der Waals surface area contributed by atoms with E-state index in [1.54, 1.807) is 24.0 Å². The van der Waals surface area contributed by atoms with Crippen molar-refractivity contribution >= 4 is 51.3 Å². The molecule has 30 heavy (non-hydrogen) atoms. The summed E-state index contributed by atoms with van der Waals surface area (Å²) in [6, 6.07) is -0.403. The SMILES string of the molecule is CSc1c2sc(C3=C(C(=O)[O-])N4C(=O)[C@H]([C@@H](C)O)[C@H]4[C@H]3C)cn2c[n+]1CC(=O)NN. The van der Waals surface area contributed by atoms with Gasteiger partial charge < -0.3 is 19.9 Å². The van der Waals surface area contributed by atoms with Crippen molar-refractivity contribution in [3.8, 4) is 0 Å². The number of aromatic nitrogens is 2. The molecule has 0 spiro atoms. The molecule has 4 atom stereocenters.